The first-order chi connectivity index (χ1) is 11.0. The maximum atomic E-state index is 12.3. The van der Waals surface area contributed by atoms with Gasteiger partial charge in [0.2, 0.25) is 0 Å². The Morgan fingerprint density at radius 3 is 2.43 bits per heavy atom. The van der Waals surface area contributed by atoms with Crippen LogP contribution in [0.25, 0.3) is 0 Å². The number of methoxy groups -OCH3 is 1. The van der Waals surface area contributed by atoms with Crippen LogP contribution in [0, 0.1) is 5.41 Å². The van der Waals surface area contributed by atoms with Gasteiger partial charge in [0.05, 0.1) is 25.2 Å². The van der Waals surface area contributed by atoms with Crippen molar-refractivity contribution in [3.63, 3.8) is 0 Å². The number of esters is 1. The van der Waals surface area contributed by atoms with Crippen LogP contribution < -0.4 is 0 Å². The minimum atomic E-state index is -0.531. The van der Waals surface area contributed by atoms with Crippen LogP contribution in [0.15, 0.2) is 24.5 Å². The molecule has 5 nitrogen and oxygen atoms in total. The van der Waals surface area contributed by atoms with E-state index in [9.17, 15) is 4.79 Å². The zero-order valence-corrected chi connectivity index (χ0v) is 14.7. The molecule has 0 aliphatic carbocycles. The zero-order chi connectivity index (χ0) is 17.1. The molecule has 1 heterocycles. The monoisotopic (exact) mass is 323 g/mol. The molecule has 1 atom stereocenters. The molecule has 0 saturated carbocycles. The minimum Gasteiger partial charge on any atom is -0.463 e. The third-order valence-corrected chi connectivity index (χ3v) is 3.87. The molecular formula is C18H29NO4. The molecule has 23 heavy (non-hydrogen) atoms. The minimum absolute atomic E-state index is 0.180. The van der Waals surface area contributed by atoms with Crippen molar-refractivity contribution >= 4 is 5.97 Å². The van der Waals surface area contributed by atoms with E-state index in [0.29, 0.717) is 25.7 Å². The fraction of sp³-hybridized carbons (Fsp3) is 0.667. The van der Waals surface area contributed by atoms with E-state index in [1.165, 1.54) is 5.56 Å². The lowest BCUT2D eigenvalue weighted by Crippen LogP contribution is -2.29. The second-order valence-electron chi connectivity index (χ2n) is 6.21. The standard InChI is InChI=1S/C18H29NO4/c1-5-15(16-6-8-19-9-7-16)14-18(2,3)17(20)23-13-12-22-11-10-21-4/h6-9,15H,5,10-14H2,1-4H3. The van der Waals surface area contributed by atoms with Crippen molar-refractivity contribution in [2.45, 2.75) is 39.5 Å². The van der Waals surface area contributed by atoms with Crippen molar-refractivity contribution in [3.05, 3.63) is 30.1 Å². The summed E-state index contributed by atoms with van der Waals surface area (Å²) >= 11 is 0. The van der Waals surface area contributed by atoms with Crippen molar-refractivity contribution < 1.29 is 19.0 Å². The quantitative estimate of drug-likeness (QED) is 0.462. The molecule has 0 bridgehead atoms. The molecule has 0 amide bonds. The normalized spacial score (nSPS) is 12.9. The van der Waals surface area contributed by atoms with Gasteiger partial charge in [-0.05, 0) is 50.3 Å². The molecule has 1 unspecified atom stereocenters. The molecule has 1 aromatic heterocycles. The van der Waals surface area contributed by atoms with E-state index < -0.39 is 5.41 Å². The van der Waals surface area contributed by atoms with Gasteiger partial charge in [-0.1, -0.05) is 6.92 Å². The predicted octanol–water partition coefficient (Wildman–Crippen LogP) is 3.20. The van der Waals surface area contributed by atoms with Crippen molar-refractivity contribution in [3.8, 4) is 0 Å². The molecular weight excluding hydrogens is 294 g/mol. The molecule has 0 saturated heterocycles. The Balaban J connectivity index is 2.45. The first-order valence-corrected chi connectivity index (χ1v) is 8.15. The van der Waals surface area contributed by atoms with Gasteiger partial charge in [-0.2, -0.15) is 0 Å². The Morgan fingerprint density at radius 1 is 1.17 bits per heavy atom. The Bertz CT molecular complexity index is 448. The average molecular weight is 323 g/mol. The van der Waals surface area contributed by atoms with Crippen LogP contribution in [0.3, 0.4) is 0 Å². The highest BCUT2D eigenvalue weighted by Crippen LogP contribution is 2.34. The summed E-state index contributed by atoms with van der Waals surface area (Å²) in [5.41, 5.74) is 0.683. The SMILES string of the molecule is CCC(CC(C)(C)C(=O)OCCOCCOC)c1ccncc1. The molecule has 0 aromatic carbocycles. The van der Waals surface area contributed by atoms with E-state index >= 15 is 0 Å². The second-order valence-corrected chi connectivity index (χ2v) is 6.21. The number of ether oxygens (including phenoxy) is 3. The molecule has 0 radical (unpaired) electrons. The first kappa shape index (κ1) is 19.6. The van der Waals surface area contributed by atoms with Crippen LogP contribution in [0.5, 0.6) is 0 Å². The van der Waals surface area contributed by atoms with Gasteiger partial charge in [0.25, 0.3) is 0 Å². The third kappa shape index (κ3) is 7.10. The van der Waals surface area contributed by atoms with Crippen molar-refractivity contribution in [1.29, 1.82) is 0 Å². The number of pyridine rings is 1. The van der Waals surface area contributed by atoms with E-state index in [0.717, 1.165) is 12.8 Å². The summed E-state index contributed by atoms with van der Waals surface area (Å²) in [5.74, 6) is 0.138. The molecule has 0 spiro atoms. The number of carbonyl (C=O) groups is 1. The maximum absolute atomic E-state index is 12.3. The van der Waals surface area contributed by atoms with Gasteiger partial charge in [-0.15, -0.1) is 0 Å². The number of carbonyl (C=O) groups excluding carboxylic acids is 1. The van der Waals surface area contributed by atoms with E-state index in [4.69, 9.17) is 14.2 Å². The second kappa shape index (κ2) is 10.3. The number of hydrogen-bond donors (Lipinski definition) is 0. The highest BCUT2D eigenvalue weighted by atomic mass is 16.6. The van der Waals surface area contributed by atoms with Crippen LogP contribution in [-0.4, -0.2) is 44.5 Å². The van der Waals surface area contributed by atoms with Crippen molar-refractivity contribution in [1.82, 2.24) is 4.98 Å². The fourth-order valence-electron chi connectivity index (χ4n) is 2.47. The van der Waals surface area contributed by atoms with Crippen molar-refractivity contribution in [2.24, 2.45) is 5.41 Å². The Labute approximate surface area is 139 Å². The lowest BCUT2D eigenvalue weighted by atomic mass is 9.79. The molecule has 0 fully saturated rings. The van der Waals surface area contributed by atoms with E-state index in [1.807, 2.05) is 26.0 Å². The summed E-state index contributed by atoms with van der Waals surface area (Å²) in [5, 5.41) is 0. The molecule has 1 rings (SSSR count). The number of aromatic nitrogens is 1. The summed E-state index contributed by atoms with van der Waals surface area (Å²) in [6.07, 6.45) is 5.30. The lowest BCUT2D eigenvalue weighted by molar-refractivity contribution is -0.156. The maximum Gasteiger partial charge on any atom is 0.311 e. The van der Waals surface area contributed by atoms with Crippen LogP contribution in [-0.2, 0) is 19.0 Å². The van der Waals surface area contributed by atoms with Crippen molar-refractivity contribution in [2.75, 3.05) is 33.5 Å². The number of hydrogen-bond acceptors (Lipinski definition) is 5. The Morgan fingerprint density at radius 2 is 1.83 bits per heavy atom. The molecule has 1 aromatic rings. The van der Waals surface area contributed by atoms with Gasteiger partial charge >= 0.3 is 5.97 Å². The lowest BCUT2D eigenvalue weighted by Gasteiger charge is -2.27. The van der Waals surface area contributed by atoms with Gasteiger partial charge in [0.15, 0.2) is 0 Å². The number of nitrogens with zero attached hydrogens (tertiary/aromatic N) is 1. The Kier molecular flexibility index (Phi) is 8.81. The molecule has 130 valence electrons. The molecule has 5 heteroatoms. The van der Waals surface area contributed by atoms with Gasteiger partial charge in [-0.3, -0.25) is 9.78 Å². The van der Waals surface area contributed by atoms with Crippen LogP contribution >= 0.6 is 0 Å². The topological polar surface area (TPSA) is 57.7 Å². The predicted molar refractivity (Wildman–Crippen MR) is 89.3 cm³/mol. The highest BCUT2D eigenvalue weighted by molar-refractivity contribution is 5.76. The molecule has 0 N–H and O–H groups in total. The summed E-state index contributed by atoms with van der Waals surface area (Å²) in [6.45, 7) is 7.73. The number of rotatable bonds is 11. The summed E-state index contributed by atoms with van der Waals surface area (Å²) in [4.78, 5) is 16.4. The first-order valence-electron chi connectivity index (χ1n) is 8.15. The van der Waals surface area contributed by atoms with Crippen LogP contribution in [0.2, 0.25) is 0 Å². The van der Waals surface area contributed by atoms with E-state index in [-0.39, 0.29) is 12.6 Å². The average Bonchev–Trinajstić information content (AvgIpc) is 2.56. The summed E-state index contributed by atoms with van der Waals surface area (Å²) in [6, 6.07) is 4.03. The fourth-order valence-corrected chi connectivity index (χ4v) is 2.47. The summed E-state index contributed by atoms with van der Waals surface area (Å²) in [7, 11) is 1.62. The third-order valence-electron chi connectivity index (χ3n) is 3.87. The summed E-state index contributed by atoms with van der Waals surface area (Å²) < 4.78 is 15.5. The molecule has 0 aliphatic heterocycles. The van der Waals surface area contributed by atoms with E-state index in [1.54, 1.807) is 19.5 Å². The largest absolute Gasteiger partial charge is 0.463 e. The smallest absolute Gasteiger partial charge is 0.311 e. The zero-order valence-electron chi connectivity index (χ0n) is 14.7. The van der Waals surface area contributed by atoms with Gasteiger partial charge in [0, 0.05) is 19.5 Å². The molecule has 0 aliphatic rings. The Hall–Kier alpha value is -1.46. The van der Waals surface area contributed by atoms with Crippen LogP contribution in [0.1, 0.15) is 45.1 Å². The highest BCUT2D eigenvalue weighted by Gasteiger charge is 2.32. The van der Waals surface area contributed by atoms with Gasteiger partial charge in [-0.25, -0.2) is 0 Å². The van der Waals surface area contributed by atoms with Gasteiger partial charge in [0.1, 0.15) is 6.61 Å². The van der Waals surface area contributed by atoms with Crippen LogP contribution in [0.4, 0.5) is 0 Å². The van der Waals surface area contributed by atoms with Gasteiger partial charge < -0.3 is 14.2 Å². The van der Waals surface area contributed by atoms with E-state index in [2.05, 4.69) is 11.9 Å².